The van der Waals surface area contributed by atoms with Gasteiger partial charge in [0.1, 0.15) is 12.4 Å². The van der Waals surface area contributed by atoms with Crippen LogP contribution in [-0.4, -0.2) is 38.0 Å². The van der Waals surface area contributed by atoms with Crippen LogP contribution >= 0.6 is 39.9 Å². The molecule has 0 aliphatic rings. The summed E-state index contributed by atoms with van der Waals surface area (Å²) >= 11 is 3.25. The van der Waals surface area contributed by atoms with Crippen molar-refractivity contribution in [2.45, 2.75) is 26.7 Å². The number of aliphatic imine (C=N–C) groups is 1. The molecule has 24 heavy (non-hydrogen) atoms. The first kappa shape index (κ1) is 23.1. The number of benzene rings is 1. The molecule has 0 spiro atoms. The highest BCUT2D eigenvalue weighted by atomic mass is 127. The average molecular weight is 515 g/mol. The van der Waals surface area contributed by atoms with Gasteiger partial charge in [0.2, 0.25) is 5.91 Å². The van der Waals surface area contributed by atoms with Crippen LogP contribution < -0.4 is 16.0 Å². The Bertz CT molecular complexity index is 543. The number of guanidine groups is 1. The fourth-order valence-corrected chi connectivity index (χ4v) is 2.29. The Morgan fingerprint density at radius 1 is 1.21 bits per heavy atom. The average Bonchev–Trinajstić information content (AvgIpc) is 2.51. The smallest absolute Gasteiger partial charge is 0.241 e. The van der Waals surface area contributed by atoms with Gasteiger partial charge in [0.05, 0.1) is 0 Å². The van der Waals surface area contributed by atoms with Crippen LogP contribution in [0.1, 0.15) is 25.8 Å². The minimum absolute atomic E-state index is 0. The molecule has 0 saturated heterocycles. The van der Waals surface area contributed by atoms with Gasteiger partial charge < -0.3 is 16.0 Å². The molecule has 0 fully saturated rings. The number of nitrogens with one attached hydrogen (secondary N) is 3. The van der Waals surface area contributed by atoms with Gasteiger partial charge in [-0.1, -0.05) is 22.0 Å². The molecule has 0 bridgehead atoms. The second kappa shape index (κ2) is 13.4. The molecule has 1 aromatic carbocycles. The first-order valence-electron chi connectivity index (χ1n) is 7.79. The molecule has 1 aromatic rings. The van der Waals surface area contributed by atoms with E-state index < -0.39 is 0 Å². The van der Waals surface area contributed by atoms with Crippen LogP contribution in [0.5, 0.6) is 0 Å². The predicted octanol–water partition coefficient (Wildman–Crippen LogP) is 2.83. The van der Waals surface area contributed by atoms with E-state index in [4.69, 9.17) is 0 Å². The molecular formula is C16H25BrFIN4O. The van der Waals surface area contributed by atoms with Crippen molar-refractivity contribution < 1.29 is 9.18 Å². The Kier molecular flexibility index (Phi) is 12.9. The molecule has 0 heterocycles. The quantitative estimate of drug-likeness (QED) is 0.216. The van der Waals surface area contributed by atoms with Crippen molar-refractivity contribution in [3.8, 4) is 0 Å². The Labute approximate surface area is 168 Å². The number of likely N-dealkylation sites (N-methyl/N-ethyl adjacent to an activating group) is 1. The minimum Gasteiger partial charge on any atom is -0.357 e. The molecule has 0 aliphatic carbocycles. The first-order valence-corrected chi connectivity index (χ1v) is 8.58. The molecule has 0 aromatic heterocycles. The maximum atomic E-state index is 13.7. The van der Waals surface area contributed by atoms with E-state index in [0.29, 0.717) is 37.6 Å². The topological polar surface area (TPSA) is 65.5 Å². The lowest BCUT2D eigenvalue weighted by molar-refractivity contribution is -0.119. The Balaban J connectivity index is 0.00000529. The molecule has 1 rings (SSSR count). The van der Waals surface area contributed by atoms with E-state index in [1.165, 1.54) is 6.07 Å². The number of hydrogen-bond acceptors (Lipinski definition) is 2. The van der Waals surface area contributed by atoms with Gasteiger partial charge in [-0.2, -0.15) is 0 Å². The summed E-state index contributed by atoms with van der Waals surface area (Å²) in [7, 11) is 0. The summed E-state index contributed by atoms with van der Waals surface area (Å²) in [5, 5.41) is 8.92. The number of amides is 1. The molecule has 0 atom stereocenters. The summed E-state index contributed by atoms with van der Waals surface area (Å²) in [4.78, 5) is 15.6. The van der Waals surface area contributed by atoms with Crippen LogP contribution in [0.4, 0.5) is 4.39 Å². The second-order valence-corrected chi connectivity index (χ2v) is 5.83. The summed E-state index contributed by atoms with van der Waals surface area (Å²) in [6, 6.07) is 5.10. The fraction of sp³-hybridized carbons (Fsp3) is 0.500. The molecule has 3 N–H and O–H groups in total. The highest BCUT2D eigenvalue weighted by Gasteiger charge is 2.04. The van der Waals surface area contributed by atoms with E-state index in [9.17, 15) is 9.18 Å². The normalized spacial score (nSPS) is 10.8. The number of hydrogen-bond donors (Lipinski definition) is 3. The van der Waals surface area contributed by atoms with E-state index in [-0.39, 0.29) is 42.2 Å². The zero-order chi connectivity index (χ0) is 17.1. The second-order valence-electron chi connectivity index (χ2n) is 4.91. The highest BCUT2D eigenvalue weighted by Crippen LogP contribution is 2.16. The van der Waals surface area contributed by atoms with E-state index in [1.807, 2.05) is 19.9 Å². The molecular weight excluding hydrogens is 490 g/mol. The molecule has 0 aliphatic heterocycles. The number of nitrogens with zero attached hydrogens (tertiary/aromatic N) is 1. The van der Waals surface area contributed by atoms with Crippen LogP contribution in [0.2, 0.25) is 0 Å². The van der Waals surface area contributed by atoms with Gasteiger partial charge in [0.15, 0.2) is 5.96 Å². The van der Waals surface area contributed by atoms with Gasteiger partial charge in [0, 0.05) is 24.1 Å². The zero-order valence-electron chi connectivity index (χ0n) is 14.0. The number of halogens is 3. The van der Waals surface area contributed by atoms with Gasteiger partial charge in [-0.05, 0) is 44.4 Å². The Hall–Kier alpha value is -0.900. The molecule has 0 unspecified atom stereocenters. The van der Waals surface area contributed by atoms with Crippen molar-refractivity contribution in [2.75, 3.05) is 26.2 Å². The largest absolute Gasteiger partial charge is 0.357 e. The lowest BCUT2D eigenvalue weighted by Crippen LogP contribution is -2.39. The monoisotopic (exact) mass is 514 g/mol. The van der Waals surface area contributed by atoms with E-state index in [2.05, 4.69) is 36.9 Å². The van der Waals surface area contributed by atoms with Crippen LogP contribution in [0.3, 0.4) is 0 Å². The van der Waals surface area contributed by atoms with Gasteiger partial charge in [0.25, 0.3) is 0 Å². The van der Waals surface area contributed by atoms with Gasteiger partial charge in [-0.25, -0.2) is 9.38 Å². The minimum atomic E-state index is -0.198. The maximum absolute atomic E-state index is 13.7. The van der Waals surface area contributed by atoms with E-state index in [1.54, 1.807) is 6.07 Å². The molecule has 0 saturated carbocycles. The fourth-order valence-electron chi connectivity index (χ4n) is 1.96. The van der Waals surface area contributed by atoms with Crippen LogP contribution in [0.15, 0.2) is 27.7 Å². The van der Waals surface area contributed by atoms with E-state index in [0.717, 1.165) is 10.9 Å². The van der Waals surface area contributed by atoms with Crippen LogP contribution in [-0.2, 0) is 11.2 Å². The molecule has 0 radical (unpaired) electrons. The van der Waals surface area contributed by atoms with Gasteiger partial charge >= 0.3 is 0 Å². The highest BCUT2D eigenvalue weighted by molar-refractivity contribution is 14.0. The van der Waals surface area contributed by atoms with Crippen molar-refractivity contribution in [1.82, 2.24) is 16.0 Å². The molecule has 136 valence electrons. The van der Waals surface area contributed by atoms with Crippen LogP contribution in [0.25, 0.3) is 0 Å². The third kappa shape index (κ3) is 9.41. The van der Waals surface area contributed by atoms with Crippen molar-refractivity contribution in [3.63, 3.8) is 0 Å². The zero-order valence-corrected chi connectivity index (χ0v) is 17.9. The number of rotatable bonds is 8. The summed E-state index contributed by atoms with van der Waals surface area (Å²) in [5.41, 5.74) is 0.694. The summed E-state index contributed by atoms with van der Waals surface area (Å²) in [6.07, 6.45) is 1.41. The van der Waals surface area contributed by atoms with Crippen molar-refractivity contribution >= 4 is 51.8 Å². The lowest BCUT2D eigenvalue weighted by atomic mass is 10.1. The van der Waals surface area contributed by atoms with E-state index >= 15 is 0 Å². The maximum Gasteiger partial charge on any atom is 0.241 e. The predicted molar refractivity (Wildman–Crippen MR) is 111 cm³/mol. The summed E-state index contributed by atoms with van der Waals surface area (Å²) < 4.78 is 14.4. The van der Waals surface area contributed by atoms with Crippen molar-refractivity contribution in [1.29, 1.82) is 0 Å². The molecule has 5 nitrogen and oxygen atoms in total. The summed E-state index contributed by atoms with van der Waals surface area (Å²) in [5.74, 6) is 0.285. The van der Waals surface area contributed by atoms with Crippen LogP contribution in [0, 0.1) is 5.82 Å². The Morgan fingerprint density at radius 2 is 1.92 bits per heavy atom. The third-order valence-corrected chi connectivity index (χ3v) is 3.52. The number of aryl methyl sites for hydroxylation is 1. The molecule has 8 heteroatoms. The summed E-state index contributed by atoms with van der Waals surface area (Å²) in [6.45, 7) is 5.87. The standard InChI is InChI=1S/C16H24BrFN4O.HI/c1-3-19-15(23)11-22-16(20-4-2)21-9-5-6-12-7-8-13(17)10-14(12)18;/h7-8,10H,3-6,9,11H2,1-2H3,(H,19,23)(H2,20,21,22);1H. The van der Waals surface area contributed by atoms with Crippen molar-refractivity contribution in [3.05, 3.63) is 34.1 Å². The first-order chi connectivity index (χ1) is 11.1. The molecule has 1 amide bonds. The van der Waals surface area contributed by atoms with Crippen molar-refractivity contribution in [2.24, 2.45) is 4.99 Å². The number of carbonyl (C=O) groups excluding carboxylic acids is 1. The number of carbonyl (C=O) groups is 1. The lowest BCUT2D eigenvalue weighted by Gasteiger charge is -2.11. The Morgan fingerprint density at radius 3 is 2.54 bits per heavy atom. The van der Waals surface area contributed by atoms with Gasteiger partial charge in [-0.3, -0.25) is 4.79 Å². The third-order valence-electron chi connectivity index (χ3n) is 3.03. The van der Waals surface area contributed by atoms with Gasteiger partial charge in [-0.15, -0.1) is 24.0 Å². The SMILES string of the molecule is CCNC(=O)CN=C(NCC)NCCCc1ccc(Br)cc1F.I.